The van der Waals surface area contributed by atoms with Gasteiger partial charge < -0.3 is 10.0 Å². The Morgan fingerprint density at radius 3 is 2.74 bits per heavy atom. The van der Waals surface area contributed by atoms with Crippen molar-refractivity contribution in [2.75, 3.05) is 18.1 Å². The summed E-state index contributed by atoms with van der Waals surface area (Å²) in [5.74, 6) is 0.828. The van der Waals surface area contributed by atoms with Crippen LogP contribution in [0.25, 0.3) is 10.8 Å². The molecule has 2 aromatic rings. The summed E-state index contributed by atoms with van der Waals surface area (Å²) >= 11 is 3.47. The van der Waals surface area contributed by atoms with Crippen molar-refractivity contribution >= 4 is 36.5 Å². The molecule has 0 spiro atoms. The van der Waals surface area contributed by atoms with Crippen molar-refractivity contribution in [1.29, 1.82) is 0 Å². The molecule has 1 heterocycles. The van der Waals surface area contributed by atoms with Crippen LogP contribution in [-0.4, -0.2) is 37.6 Å². The first-order chi connectivity index (χ1) is 10.9. The monoisotopic (exact) mass is 398 g/mol. The summed E-state index contributed by atoms with van der Waals surface area (Å²) in [6.07, 6.45) is 0.711. The van der Waals surface area contributed by atoms with Crippen molar-refractivity contribution in [3.05, 3.63) is 40.4 Å². The Balaban J connectivity index is 1.95. The Bertz CT molecular complexity index is 835. The van der Waals surface area contributed by atoms with Crippen LogP contribution in [0.3, 0.4) is 0 Å². The van der Waals surface area contributed by atoms with E-state index in [1.165, 1.54) is 4.90 Å². The number of fused-ring (bicyclic) bond motifs is 1. The summed E-state index contributed by atoms with van der Waals surface area (Å²) in [7, 11) is -2.89. The molecule has 4 nitrogen and oxygen atoms in total. The predicted octanol–water partition coefficient (Wildman–Crippen LogP) is 1.90. The van der Waals surface area contributed by atoms with Gasteiger partial charge in [0.2, 0.25) is 0 Å². The molecule has 1 saturated heterocycles. The number of sulfone groups is 1. The van der Waals surface area contributed by atoms with Gasteiger partial charge >= 0.3 is 0 Å². The Labute approximate surface area is 145 Å². The Hall–Kier alpha value is -1.11. The molecule has 0 aliphatic carbocycles. The van der Waals surface area contributed by atoms with E-state index in [1.54, 1.807) is 6.07 Å². The number of hydrogen-bond acceptors (Lipinski definition) is 3. The topological polar surface area (TPSA) is 58.8 Å². The first kappa shape index (κ1) is 16.7. The second kappa shape index (κ2) is 6.42. The van der Waals surface area contributed by atoms with Crippen molar-refractivity contribution in [2.45, 2.75) is 25.9 Å². The highest BCUT2D eigenvalue weighted by molar-refractivity contribution is 9.10. The number of hydrogen-bond donors (Lipinski definition) is 2. The fourth-order valence-electron chi connectivity index (χ4n) is 3.44. The molecular weight excluding hydrogens is 378 g/mol. The number of aromatic hydroxyl groups is 1. The molecule has 23 heavy (non-hydrogen) atoms. The van der Waals surface area contributed by atoms with Gasteiger partial charge in [0.05, 0.1) is 17.9 Å². The lowest BCUT2D eigenvalue weighted by molar-refractivity contribution is -0.934. The van der Waals surface area contributed by atoms with Gasteiger partial charge in [0.1, 0.15) is 24.1 Å². The Morgan fingerprint density at radius 2 is 2.09 bits per heavy atom. The third kappa shape index (κ3) is 3.54. The molecule has 1 unspecified atom stereocenters. The van der Waals surface area contributed by atoms with Crippen LogP contribution in [0, 0.1) is 0 Å². The van der Waals surface area contributed by atoms with Crippen LogP contribution in [0.15, 0.2) is 34.8 Å². The highest BCUT2D eigenvalue weighted by atomic mass is 79.9. The number of phenols is 1. The van der Waals surface area contributed by atoms with Gasteiger partial charge in [-0.25, -0.2) is 8.42 Å². The fourth-order valence-corrected chi connectivity index (χ4v) is 5.65. The van der Waals surface area contributed by atoms with E-state index in [-0.39, 0.29) is 23.3 Å². The molecule has 124 valence electrons. The average Bonchev–Trinajstić information content (AvgIpc) is 2.86. The van der Waals surface area contributed by atoms with Crippen molar-refractivity contribution < 1.29 is 18.4 Å². The molecule has 0 bridgehead atoms. The summed E-state index contributed by atoms with van der Waals surface area (Å²) in [5.41, 5.74) is 0.899. The predicted molar refractivity (Wildman–Crippen MR) is 95.6 cm³/mol. The number of halogens is 1. The van der Waals surface area contributed by atoms with E-state index in [0.717, 1.165) is 27.4 Å². The number of benzene rings is 2. The first-order valence-electron chi connectivity index (χ1n) is 7.84. The summed E-state index contributed by atoms with van der Waals surface area (Å²) in [4.78, 5) is 1.22. The number of phenolic OH excluding ortho intramolecular Hbond substituents is 1. The second-order valence-corrected chi connectivity index (χ2v) is 9.36. The van der Waals surface area contributed by atoms with Crippen molar-refractivity contribution in [3.63, 3.8) is 0 Å². The van der Waals surface area contributed by atoms with Crippen LogP contribution >= 0.6 is 15.9 Å². The summed E-state index contributed by atoms with van der Waals surface area (Å²) in [6.45, 7) is 3.55. The van der Waals surface area contributed by atoms with Gasteiger partial charge in [0, 0.05) is 10.9 Å². The number of nitrogens with one attached hydrogen (secondary N) is 1. The van der Waals surface area contributed by atoms with E-state index in [4.69, 9.17) is 0 Å². The number of rotatable bonds is 4. The van der Waals surface area contributed by atoms with E-state index >= 15 is 0 Å². The Kier molecular flexibility index (Phi) is 4.67. The quantitative estimate of drug-likeness (QED) is 0.826. The van der Waals surface area contributed by atoms with Gasteiger partial charge in [-0.3, -0.25) is 0 Å². The molecule has 0 saturated carbocycles. The van der Waals surface area contributed by atoms with Gasteiger partial charge in [0.25, 0.3) is 0 Å². The molecule has 1 aliphatic heterocycles. The zero-order valence-electron chi connectivity index (χ0n) is 13.0. The molecule has 2 aromatic carbocycles. The zero-order valence-corrected chi connectivity index (χ0v) is 15.5. The van der Waals surface area contributed by atoms with Gasteiger partial charge in [-0.15, -0.1) is 0 Å². The molecule has 2 atom stereocenters. The summed E-state index contributed by atoms with van der Waals surface area (Å²) < 4.78 is 24.5. The number of quaternary nitrogens is 1. The first-order valence-corrected chi connectivity index (χ1v) is 10.5. The third-order valence-corrected chi connectivity index (χ3v) is 7.00. The highest BCUT2D eigenvalue weighted by Gasteiger charge is 2.35. The third-order valence-electron chi connectivity index (χ3n) is 4.74. The molecule has 0 amide bonds. The highest BCUT2D eigenvalue weighted by Crippen LogP contribution is 2.29. The van der Waals surface area contributed by atoms with Crippen LogP contribution < -0.4 is 4.90 Å². The lowest BCUT2D eigenvalue weighted by atomic mass is 10.0. The van der Waals surface area contributed by atoms with E-state index in [2.05, 4.69) is 22.9 Å². The minimum Gasteiger partial charge on any atom is -0.507 e. The largest absolute Gasteiger partial charge is 0.507 e. The summed E-state index contributed by atoms with van der Waals surface area (Å²) in [6, 6.07) is 9.76. The van der Waals surface area contributed by atoms with Gasteiger partial charge in [0.15, 0.2) is 9.84 Å². The molecule has 1 aliphatic rings. The smallest absolute Gasteiger partial charge is 0.156 e. The summed E-state index contributed by atoms with van der Waals surface area (Å²) in [5, 5.41) is 12.4. The molecule has 1 fully saturated rings. The van der Waals surface area contributed by atoms with Crippen molar-refractivity contribution in [2.24, 2.45) is 0 Å². The van der Waals surface area contributed by atoms with E-state index < -0.39 is 9.84 Å². The van der Waals surface area contributed by atoms with Gasteiger partial charge in [-0.05, 0) is 35.9 Å². The van der Waals surface area contributed by atoms with Gasteiger partial charge in [-0.1, -0.05) is 28.1 Å². The van der Waals surface area contributed by atoms with Gasteiger partial charge in [-0.2, -0.15) is 0 Å². The minimum absolute atomic E-state index is 0.120. The lowest BCUT2D eigenvalue weighted by Gasteiger charge is -2.24. The molecular formula is C17H21BrNO3S+. The SMILES string of the molecule is CC[NH+](Cc1c(O)ccc2cc(Br)ccc12)[C@H]1CCS(=O)(=O)C1. The molecule has 2 N–H and O–H groups in total. The normalized spacial score (nSPS) is 21.6. The van der Waals surface area contributed by atoms with Crippen molar-refractivity contribution in [3.8, 4) is 5.75 Å². The second-order valence-electron chi connectivity index (χ2n) is 6.22. The van der Waals surface area contributed by atoms with Crippen molar-refractivity contribution in [1.82, 2.24) is 0 Å². The van der Waals surface area contributed by atoms with E-state index in [9.17, 15) is 13.5 Å². The van der Waals surface area contributed by atoms with E-state index in [1.807, 2.05) is 24.3 Å². The maximum atomic E-state index is 11.8. The molecule has 0 radical (unpaired) electrons. The molecule has 6 heteroatoms. The van der Waals surface area contributed by atoms with Crippen LogP contribution in [0.5, 0.6) is 5.75 Å². The minimum atomic E-state index is -2.89. The standard InChI is InChI=1S/C17H20BrNO3S/c1-2-19(14-7-8-23(21,22)11-14)10-16-15-5-4-13(18)9-12(15)3-6-17(16)20/h3-6,9,14,20H,2,7-8,10-11H2,1H3/p+1/t14-/m0/s1. The fraction of sp³-hybridized carbons (Fsp3) is 0.412. The van der Waals surface area contributed by atoms with Crippen LogP contribution in [0.1, 0.15) is 18.9 Å². The molecule has 0 aromatic heterocycles. The molecule has 3 rings (SSSR count). The van der Waals surface area contributed by atoms with Crippen LogP contribution in [0.4, 0.5) is 0 Å². The van der Waals surface area contributed by atoms with Crippen LogP contribution in [-0.2, 0) is 16.4 Å². The van der Waals surface area contributed by atoms with Crippen LogP contribution in [0.2, 0.25) is 0 Å². The lowest BCUT2D eigenvalue weighted by Crippen LogP contribution is -3.14. The average molecular weight is 399 g/mol. The Morgan fingerprint density at radius 1 is 1.30 bits per heavy atom. The van der Waals surface area contributed by atoms with E-state index in [0.29, 0.717) is 13.0 Å². The maximum absolute atomic E-state index is 11.8. The maximum Gasteiger partial charge on any atom is 0.156 e. The zero-order chi connectivity index (χ0) is 16.6.